The fourth-order valence-electron chi connectivity index (χ4n) is 2.56. The first-order chi connectivity index (χ1) is 13.3. The Bertz CT molecular complexity index is 1040. The standard InChI is InChI=1S/C20H21N3O3S2/c1-14(2)15-8-10-16(11-9-15)19-22-23-20(27-19)21-18(24)12-13-28(25,26)17-6-4-3-5-7-17/h3-11,14H,12-13H2,1-2H3,(H,21,23,24). The Labute approximate surface area is 168 Å². The highest BCUT2D eigenvalue weighted by molar-refractivity contribution is 7.91. The Morgan fingerprint density at radius 3 is 2.36 bits per heavy atom. The van der Waals surface area contributed by atoms with Crippen LogP contribution in [0.3, 0.4) is 0 Å². The summed E-state index contributed by atoms with van der Waals surface area (Å²) in [6.07, 6.45) is -0.144. The van der Waals surface area contributed by atoms with Crippen molar-refractivity contribution in [2.45, 2.75) is 31.1 Å². The van der Waals surface area contributed by atoms with E-state index in [-0.39, 0.29) is 17.1 Å². The molecule has 0 aliphatic carbocycles. The summed E-state index contributed by atoms with van der Waals surface area (Å²) in [4.78, 5) is 12.3. The highest BCUT2D eigenvalue weighted by Gasteiger charge is 2.17. The molecular weight excluding hydrogens is 394 g/mol. The van der Waals surface area contributed by atoms with Crippen molar-refractivity contribution in [1.82, 2.24) is 10.2 Å². The van der Waals surface area contributed by atoms with Gasteiger partial charge in [0.15, 0.2) is 9.84 Å². The molecule has 6 nitrogen and oxygen atoms in total. The van der Waals surface area contributed by atoms with Crippen molar-refractivity contribution in [1.29, 1.82) is 0 Å². The van der Waals surface area contributed by atoms with E-state index in [1.807, 2.05) is 24.3 Å². The van der Waals surface area contributed by atoms with E-state index in [2.05, 4.69) is 29.4 Å². The zero-order valence-electron chi connectivity index (χ0n) is 15.6. The highest BCUT2D eigenvalue weighted by atomic mass is 32.2. The van der Waals surface area contributed by atoms with Gasteiger partial charge in [-0.05, 0) is 23.6 Å². The number of amides is 1. The molecule has 0 spiro atoms. The van der Waals surface area contributed by atoms with E-state index >= 15 is 0 Å². The third-order valence-corrected chi connectivity index (χ3v) is 6.82. The molecule has 8 heteroatoms. The number of aromatic nitrogens is 2. The van der Waals surface area contributed by atoms with Gasteiger partial charge in [-0.2, -0.15) is 0 Å². The Kier molecular flexibility index (Phi) is 6.21. The number of sulfone groups is 1. The highest BCUT2D eigenvalue weighted by Crippen LogP contribution is 2.27. The largest absolute Gasteiger partial charge is 0.300 e. The lowest BCUT2D eigenvalue weighted by atomic mass is 10.0. The molecule has 0 aliphatic heterocycles. The third kappa shape index (κ3) is 5.02. The van der Waals surface area contributed by atoms with Crippen LogP contribution in [0.1, 0.15) is 31.7 Å². The van der Waals surface area contributed by atoms with Gasteiger partial charge in [-0.15, -0.1) is 10.2 Å². The van der Waals surface area contributed by atoms with Gasteiger partial charge in [0, 0.05) is 12.0 Å². The van der Waals surface area contributed by atoms with Gasteiger partial charge in [0.05, 0.1) is 10.6 Å². The Morgan fingerprint density at radius 1 is 1.04 bits per heavy atom. The molecule has 146 valence electrons. The molecule has 28 heavy (non-hydrogen) atoms. The lowest BCUT2D eigenvalue weighted by molar-refractivity contribution is -0.115. The number of anilines is 1. The molecule has 0 radical (unpaired) electrons. The van der Waals surface area contributed by atoms with Crippen LogP contribution in [0.25, 0.3) is 10.6 Å². The number of nitrogens with zero attached hydrogens (tertiary/aromatic N) is 2. The molecule has 0 saturated heterocycles. The number of rotatable bonds is 7. The van der Waals surface area contributed by atoms with Crippen molar-refractivity contribution in [3.05, 3.63) is 60.2 Å². The van der Waals surface area contributed by atoms with Gasteiger partial charge in [0.25, 0.3) is 0 Å². The van der Waals surface area contributed by atoms with E-state index in [4.69, 9.17) is 0 Å². The molecule has 0 bridgehead atoms. The van der Waals surface area contributed by atoms with Gasteiger partial charge in [-0.25, -0.2) is 8.42 Å². The monoisotopic (exact) mass is 415 g/mol. The van der Waals surface area contributed by atoms with E-state index in [0.717, 1.165) is 5.56 Å². The number of nitrogens with one attached hydrogen (secondary N) is 1. The van der Waals surface area contributed by atoms with Crippen molar-refractivity contribution in [2.75, 3.05) is 11.1 Å². The smallest absolute Gasteiger partial charge is 0.227 e. The Morgan fingerprint density at radius 2 is 1.71 bits per heavy atom. The fraction of sp³-hybridized carbons (Fsp3) is 0.250. The van der Waals surface area contributed by atoms with Crippen LogP contribution in [0.2, 0.25) is 0 Å². The number of hydrogen-bond acceptors (Lipinski definition) is 6. The molecule has 0 saturated carbocycles. The van der Waals surface area contributed by atoms with Crippen molar-refractivity contribution in [3.63, 3.8) is 0 Å². The van der Waals surface area contributed by atoms with Gasteiger partial charge in [-0.3, -0.25) is 4.79 Å². The number of carbonyl (C=O) groups excluding carboxylic acids is 1. The second-order valence-electron chi connectivity index (χ2n) is 6.62. The zero-order valence-corrected chi connectivity index (χ0v) is 17.3. The molecule has 0 aliphatic rings. The molecule has 2 aromatic carbocycles. The van der Waals surface area contributed by atoms with Crippen LogP contribution in [-0.4, -0.2) is 30.3 Å². The van der Waals surface area contributed by atoms with Crippen LogP contribution >= 0.6 is 11.3 Å². The summed E-state index contributed by atoms with van der Waals surface area (Å²) in [7, 11) is -3.49. The second kappa shape index (κ2) is 8.62. The molecule has 1 amide bonds. The van der Waals surface area contributed by atoms with Gasteiger partial charge in [0.2, 0.25) is 11.0 Å². The number of carbonyl (C=O) groups is 1. The maximum absolute atomic E-state index is 12.2. The predicted molar refractivity (Wildman–Crippen MR) is 111 cm³/mol. The first-order valence-corrected chi connectivity index (χ1v) is 11.3. The average Bonchev–Trinajstić information content (AvgIpc) is 3.16. The summed E-state index contributed by atoms with van der Waals surface area (Å²) in [6, 6.07) is 16.2. The van der Waals surface area contributed by atoms with Crippen LogP contribution in [0, 0.1) is 0 Å². The van der Waals surface area contributed by atoms with Crippen LogP contribution in [0.15, 0.2) is 59.5 Å². The second-order valence-corrected chi connectivity index (χ2v) is 9.71. The molecule has 1 N–H and O–H groups in total. The SMILES string of the molecule is CC(C)c1ccc(-c2nnc(NC(=O)CCS(=O)(=O)c3ccccc3)s2)cc1. The topological polar surface area (TPSA) is 89.0 Å². The summed E-state index contributed by atoms with van der Waals surface area (Å²) < 4.78 is 24.5. The first-order valence-electron chi connectivity index (χ1n) is 8.86. The maximum atomic E-state index is 12.2. The third-order valence-electron chi connectivity index (χ3n) is 4.20. The zero-order chi connectivity index (χ0) is 20.1. The van der Waals surface area contributed by atoms with Crippen LogP contribution < -0.4 is 5.32 Å². The summed E-state index contributed by atoms with van der Waals surface area (Å²) in [5.41, 5.74) is 2.16. The molecule has 0 fully saturated rings. The predicted octanol–water partition coefficient (Wildman–Crippen LogP) is 4.13. The lowest BCUT2D eigenvalue weighted by Crippen LogP contribution is -2.17. The molecular formula is C20H21N3O3S2. The van der Waals surface area contributed by atoms with Crippen LogP contribution in [0.5, 0.6) is 0 Å². The van der Waals surface area contributed by atoms with E-state index in [1.54, 1.807) is 18.2 Å². The van der Waals surface area contributed by atoms with E-state index < -0.39 is 15.7 Å². The van der Waals surface area contributed by atoms with Gasteiger partial charge < -0.3 is 5.32 Å². The van der Waals surface area contributed by atoms with Gasteiger partial charge in [-0.1, -0.05) is 67.6 Å². The molecule has 0 unspecified atom stereocenters. The van der Waals surface area contributed by atoms with E-state index in [1.165, 1.54) is 29.0 Å². The first kappa shape index (κ1) is 20.2. The van der Waals surface area contributed by atoms with Gasteiger partial charge in [0.1, 0.15) is 5.01 Å². The summed E-state index contributed by atoms with van der Waals surface area (Å²) in [5.74, 6) is -0.214. The quantitative estimate of drug-likeness (QED) is 0.627. The maximum Gasteiger partial charge on any atom is 0.227 e. The molecule has 1 aromatic heterocycles. The number of hydrogen-bond donors (Lipinski definition) is 1. The van der Waals surface area contributed by atoms with Crippen molar-refractivity contribution < 1.29 is 13.2 Å². The number of benzene rings is 2. The molecule has 3 rings (SSSR count). The summed E-state index contributed by atoms with van der Waals surface area (Å²) >= 11 is 1.25. The lowest BCUT2D eigenvalue weighted by Gasteiger charge is -2.05. The normalized spacial score (nSPS) is 11.5. The summed E-state index contributed by atoms with van der Waals surface area (Å²) in [6.45, 7) is 4.26. The van der Waals surface area contributed by atoms with Crippen LogP contribution in [0.4, 0.5) is 5.13 Å². The minimum Gasteiger partial charge on any atom is -0.300 e. The fourth-order valence-corrected chi connectivity index (χ4v) is 4.58. The van der Waals surface area contributed by atoms with Crippen molar-refractivity contribution in [3.8, 4) is 10.6 Å². The van der Waals surface area contributed by atoms with E-state index in [9.17, 15) is 13.2 Å². The van der Waals surface area contributed by atoms with E-state index in [0.29, 0.717) is 16.1 Å². The average molecular weight is 416 g/mol. The molecule has 0 atom stereocenters. The van der Waals surface area contributed by atoms with Crippen molar-refractivity contribution in [2.24, 2.45) is 0 Å². The summed E-state index contributed by atoms with van der Waals surface area (Å²) in [5, 5.41) is 11.8. The minimum atomic E-state index is -3.49. The molecule has 3 aromatic rings. The Balaban J connectivity index is 1.59. The molecule has 1 heterocycles. The minimum absolute atomic E-state index is 0.144. The van der Waals surface area contributed by atoms with Crippen molar-refractivity contribution >= 4 is 32.2 Å². The van der Waals surface area contributed by atoms with Gasteiger partial charge >= 0.3 is 0 Å². The van der Waals surface area contributed by atoms with Crippen LogP contribution in [-0.2, 0) is 14.6 Å². The Hall–Kier alpha value is -2.58.